The molecule has 0 aliphatic carbocycles. The molecule has 0 aliphatic heterocycles. The van der Waals surface area contributed by atoms with Gasteiger partial charge in [-0.1, -0.05) is 20.8 Å². The molecule has 0 fully saturated rings. The highest BCUT2D eigenvalue weighted by Gasteiger charge is 2.06. The van der Waals surface area contributed by atoms with Crippen molar-refractivity contribution >= 4 is 17.3 Å². The standard InChI is InChI=1S/C12H23N5/c1-4-6-14-11-10(13)12(17-8-16-11)15-7-5-9(2)3/h8-9H,4-7,13H2,1-3H3,(H2,14,15,16,17). The van der Waals surface area contributed by atoms with E-state index >= 15 is 0 Å². The zero-order valence-electron chi connectivity index (χ0n) is 11.0. The number of hydrogen-bond acceptors (Lipinski definition) is 5. The number of nitrogen functional groups attached to an aromatic ring is 1. The highest BCUT2D eigenvalue weighted by atomic mass is 15.1. The van der Waals surface area contributed by atoms with E-state index in [0.29, 0.717) is 17.4 Å². The van der Waals surface area contributed by atoms with Crippen molar-refractivity contribution in [2.75, 3.05) is 29.5 Å². The van der Waals surface area contributed by atoms with Crippen LogP contribution in [-0.4, -0.2) is 23.1 Å². The molecule has 17 heavy (non-hydrogen) atoms. The first kappa shape index (κ1) is 13.5. The van der Waals surface area contributed by atoms with Gasteiger partial charge in [0, 0.05) is 13.1 Å². The normalized spacial score (nSPS) is 10.6. The minimum Gasteiger partial charge on any atom is -0.393 e. The van der Waals surface area contributed by atoms with Gasteiger partial charge in [-0.05, 0) is 18.8 Å². The number of anilines is 3. The van der Waals surface area contributed by atoms with Crippen LogP contribution in [0.3, 0.4) is 0 Å². The summed E-state index contributed by atoms with van der Waals surface area (Å²) in [5.41, 5.74) is 6.59. The van der Waals surface area contributed by atoms with Crippen molar-refractivity contribution in [2.24, 2.45) is 5.92 Å². The molecule has 0 aliphatic rings. The molecule has 0 spiro atoms. The molecule has 0 bridgehead atoms. The summed E-state index contributed by atoms with van der Waals surface area (Å²) in [4.78, 5) is 8.29. The van der Waals surface area contributed by atoms with Gasteiger partial charge >= 0.3 is 0 Å². The third-order valence-electron chi connectivity index (χ3n) is 2.44. The van der Waals surface area contributed by atoms with Crippen molar-refractivity contribution in [3.05, 3.63) is 6.33 Å². The average molecular weight is 237 g/mol. The van der Waals surface area contributed by atoms with Crippen molar-refractivity contribution in [3.8, 4) is 0 Å². The Balaban J connectivity index is 2.59. The van der Waals surface area contributed by atoms with Crippen LogP contribution in [0.5, 0.6) is 0 Å². The lowest BCUT2D eigenvalue weighted by Gasteiger charge is -2.12. The number of rotatable bonds is 7. The Bertz CT molecular complexity index is 338. The fourth-order valence-corrected chi connectivity index (χ4v) is 1.40. The third-order valence-corrected chi connectivity index (χ3v) is 2.44. The third kappa shape index (κ3) is 4.46. The first-order valence-corrected chi connectivity index (χ1v) is 6.23. The first-order chi connectivity index (χ1) is 8.15. The summed E-state index contributed by atoms with van der Waals surface area (Å²) < 4.78 is 0. The Hall–Kier alpha value is -1.52. The summed E-state index contributed by atoms with van der Waals surface area (Å²) in [5, 5.41) is 6.43. The molecule has 0 atom stereocenters. The van der Waals surface area contributed by atoms with Gasteiger partial charge in [0.25, 0.3) is 0 Å². The van der Waals surface area contributed by atoms with Gasteiger partial charge in [-0.2, -0.15) is 0 Å². The second kappa shape index (κ2) is 6.93. The van der Waals surface area contributed by atoms with Gasteiger partial charge in [0.1, 0.15) is 12.0 Å². The molecule has 1 heterocycles. The van der Waals surface area contributed by atoms with Crippen LogP contribution >= 0.6 is 0 Å². The van der Waals surface area contributed by atoms with Crippen molar-refractivity contribution in [3.63, 3.8) is 0 Å². The van der Waals surface area contributed by atoms with Crippen molar-refractivity contribution in [1.29, 1.82) is 0 Å². The molecule has 0 radical (unpaired) electrons. The quantitative estimate of drug-likeness (QED) is 0.678. The highest BCUT2D eigenvalue weighted by molar-refractivity contribution is 5.73. The highest BCUT2D eigenvalue weighted by Crippen LogP contribution is 2.22. The molecule has 96 valence electrons. The lowest BCUT2D eigenvalue weighted by molar-refractivity contribution is 0.606. The lowest BCUT2D eigenvalue weighted by Crippen LogP contribution is -2.12. The van der Waals surface area contributed by atoms with Gasteiger partial charge in [0.15, 0.2) is 11.6 Å². The van der Waals surface area contributed by atoms with Crippen molar-refractivity contribution in [1.82, 2.24) is 9.97 Å². The molecule has 5 nitrogen and oxygen atoms in total. The van der Waals surface area contributed by atoms with Gasteiger partial charge < -0.3 is 16.4 Å². The Morgan fingerprint density at radius 2 is 1.76 bits per heavy atom. The topological polar surface area (TPSA) is 75.9 Å². The van der Waals surface area contributed by atoms with E-state index in [2.05, 4.69) is 41.4 Å². The fourth-order valence-electron chi connectivity index (χ4n) is 1.40. The molecule has 0 amide bonds. The SMILES string of the molecule is CCCNc1ncnc(NCCC(C)C)c1N. The zero-order valence-corrected chi connectivity index (χ0v) is 11.0. The minimum absolute atomic E-state index is 0.602. The smallest absolute Gasteiger partial charge is 0.154 e. The fraction of sp³-hybridized carbons (Fsp3) is 0.667. The largest absolute Gasteiger partial charge is 0.393 e. The van der Waals surface area contributed by atoms with Gasteiger partial charge in [-0.15, -0.1) is 0 Å². The zero-order chi connectivity index (χ0) is 12.7. The van der Waals surface area contributed by atoms with E-state index in [1.165, 1.54) is 6.33 Å². The van der Waals surface area contributed by atoms with Crippen LogP contribution in [0.1, 0.15) is 33.6 Å². The van der Waals surface area contributed by atoms with Crippen LogP contribution in [0.25, 0.3) is 0 Å². The summed E-state index contributed by atoms with van der Waals surface area (Å²) in [6, 6.07) is 0. The van der Waals surface area contributed by atoms with Crippen LogP contribution in [0.2, 0.25) is 0 Å². The number of nitrogens with one attached hydrogen (secondary N) is 2. The van der Waals surface area contributed by atoms with E-state index in [9.17, 15) is 0 Å². The van der Waals surface area contributed by atoms with E-state index in [1.54, 1.807) is 0 Å². The average Bonchev–Trinajstić information content (AvgIpc) is 2.29. The van der Waals surface area contributed by atoms with Gasteiger partial charge in [0.2, 0.25) is 0 Å². The number of aromatic nitrogens is 2. The van der Waals surface area contributed by atoms with E-state index in [4.69, 9.17) is 5.73 Å². The summed E-state index contributed by atoms with van der Waals surface area (Å²) in [6.07, 6.45) is 3.67. The summed E-state index contributed by atoms with van der Waals surface area (Å²) in [5.74, 6) is 2.11. The molecule has 1 aromatic rings. The predicted molar refractivity (Wildman–Crippen MR) is 73.2 cm³/mol. The van der Waals surface area contributed by atoms with Gasteiger partial charge in [-0.3, -0.25) is 0 Å². The monoisotopic (exact) mass is 237 g/mol. The van der Waals surface area contributed by atoms with Crippen molar-refractivity contribution in [2.45, 2.75) is 33.6 Å². The molecular formula is C12H23N5. The molecular weight excluding hydrogens is 214 g/mol. The predicted octanol–water partition coefficient (Wildman–Crippen LogP) is 2.34. The molecule has 0 saturated heterocycles. The minimum atomic E-state index is 0.602. The van der Waals surface area contributed by atoms with E-state index < -0.39 is 0 Å². The van der Waals surface area contributed by atoms with Crippen LogP contribution in [-0.2, 0) is 0 Å². The summed E-state index contributed by atoms with van der Waals surface area (Å²) in [6.45, 7) is 8.24. The number of nitrogens with two attached hydrogens (primary N) is 1. The second-order valence-electron chi connectivity index (χ2n) is 4.52. The maximum atomic E-state index is 5.99. The van der Waals surface area contributed by atoms with Crippen LogP contribution in [0.15, 0.2) is 6.33 Å². The van der Waals surface area contributed by atoms with Crippen LogP contribution in [0, 0.1) is 5.92 Å². The molecule has 0 aromatic carbocycles. The van der Waals surface area contributed by atoms with Crippen LogP contribution in [0.4, 0.5) is 17.3 Å². The Morgan fingerprint density at radius 3 is 2.29 bits per heavy atom. The van der Waals surface area contributed by atoms with E-state index in [0.717, 1.165) is 31.7 Å². The maximum absolute atomic E-state index is 5.99. The molecule has 0 unspecified atom stereocenters. The molecule has 0 saturated carbocycles. The van der Waals surface area contributed by atoms with Crippen LogP contribution < -0.4 is 16.4 Å². The van der Waals surface area contributed by atoms with E-state index in [1.807, 2.05) is 0 Å². The molecule has 4 N–H and O–H groups in total. The van der Waals surface area contributed by atoms with E-state index in [-0.39, 0.29) is 0 Å². The lowest BCUT2D eigenvalue weighted by atomic mass is 10.1. The molecule has 5 heteroatoms. The summed E-state index contributed by atoms with van der Waals surface area (Å²) in [7, 11) is 0. The Labute approximate surface area is 103 Å². The Morgan fingerprint density at radius 1 is 1.18 bits per heavy atom. The summed E-state index contributed by atoms with van der Waals surface area (Å²) >= 11 is 0. The van der Waals surface area contributed by atoms with Gasteiger partial charge in [0.05, 0.1) is 0 Å². The molecule has 1 aromatic heterocycles. The maximum Gasteiger partial charge on any atom is 0.154 e. The number of nitrogens with zero attached hydrogens (tertiary/aromatic N) is 2. The van der Waals surface area contributed by atoms with Crippen molar-refractivity contribution < 1.29 is 0 Å². The first-order valence-electron chi connectivity index (χ1n) is 6.23. The molecule has 1 rings (SSSR count). The Kier molecular flexibility index (Phi) is 5.52. The number of hydrogen-bond donors (Lipinski definition) is 3. The second-order valence-corrected chi connectivity index (χ2v) is 4.52. The van der Waals surface area contributed by atoms with Gasteiger partial charge in [-0.25, -0.2) is 9.97 Å².